The normalized spacial score (nSPS) is 19.6. The van der Waals surface area contributed by atoms with Crippen molar-refractivity contribution >= 4 is 41.5 Å². The number of rotatable bonds is 4. The SMILES string of the molecule is CC1CN(C(=O)c2ccc(CN=C(N)Nc3ccccc3)cc2)CC(C)O1.I. The Labute approximate surface area is 183 Å². The smallest absolute Gasteiger partial charge is 0.254 e. The number of nitrogens with two attached hydrogens (primary N) is 1. The molecular weight excluding hydrogens is 467 g/mol. The zero-order valence-electron chi connectivity index (χ0n) is 16.2. The highest BCUT2D eigenvalue weighted by Crippen LogP contribution is 2.15. The van der Waals surface area contributed by atoms with Crippen LogP contribution in [0.5, 0.6) is 0 Å². The van der Waals surface area contributed by atoms with Crippen molar-refractivity contribution in [2.75, 3.05) is 18.4 Å². The van der Waals surface area contributed by atoms with Crippen LogP contribution in [0.3, 0.4) is 0 Å². The molecule has 2 aromatic carbocycles. The molecule has 150 valence electrons. The number of aliphatic imine (C=N–C) groups is 1. The van der Waals surface area contributed by atoms with E-state index in [-0.39, 0.29) is 42.1 Å². The van der Waals surface area contributed by atoms with Gasteiger partial charge in [-0.15, -0.1) is 24.0 Å². The van der Waals surface area contributed by atoms with E-state index in [0.29, 0.717) is 31.2 Å². The summed E-state index contributed by atoms with van der Waals surface area (Å²) in [6.45, 7) is 5.68. The minimum absolute atomic E-state index is 0. The Kier molecular flexibility index (Phi) is 8.25. The minimum Gasteiger partial charge on any atom is -0.372 e. The Morgan fingerprint density at radius 3 is 2.32 bits per heavy atom. The first-order valence-electron chi connectivity index (χ1n) is 9.17. The highest BCUT2D eigenvalue weighted by molar-refractivity contribution is 14.0. The topological polar surface area (TPSA) is 80.0 Å². The maximum atomic E-state index is 12.7. The van der Waals surface area contributed by atoms with E-state index in [1.54, 1.807) is 0 Å². The lowest BCUT2D eigenvalue weighted by Gasteiger charge is -2.35. The summed E-state index contributed by atoms with van der Waals surface area (Å²) in [6, 6.07) is 17.2. The van der Waals surface area contributed by atoms with Gasteiger partial charge in [-0.25, -0.2) is 4.99 Å². The number of morpholine rings is 1. The van der Waals surface area contributed by atoms with Crippen LogP contribution in [0, 0.1) is 0 Å². The first-order valence-corrected chi connectivity index (χ1v) is 9.17. The predicted molar refractivity (Wildman–Crippen MR) is 123 cm³/mol. The summed E-state index contributed by atoms with van der Waals surface area (Å²) in [5, 5.41) is 3.05. The maximum Gasteiger partial charge on any atom is 0.254 e. The van der Waals surface area contributed by atoms with Crippen molar-refractivity contribution in [2.45, 2.75) is 32.6 Å². The van der Waals surface area contributed by atoms with Gasteiger partial charge in [-0.2, -0.15) is 0 Å². The highest BCUT2D eigenvalue weighted by atomic mass is 127. The van der Waals surface area contributed by atoms with E-state index in [1.165, 1.54) is 0 Å². The van der Waals surface area contributed by atoms with Crippen LogP contribution in [0.2, 0.25) is 0 Å². The molecule has 0 saturated carbocycles. The number of carbonyl (C=O) groups excluding carboxylic acids is 1. The van der Waals surface area contributed by atoms with Crippen molar-refractivity contribution in [1.82, 2.24) is 4.90 Å². The van der Waals surface area contributed by atoms with Gasteiger partial charge in [0.05, 0.1) is 18.8 Å². The molecule has 28 heavy (non-hydrogen) atoms. The number of benzene rings is 2. The third-order valence-electron chi connectivity index (χ3n) is 4.39. The number of amides is 1. The quantitative estimate of drug-likeness (QED) is 0.388. The van der Waals surface area contributed by atoms with E-state index >= 15 is 0 Å². The number of halogens is 1. The van der Waals surface area contributed by atoms with Crippen LogP contribution in [-0.2, 0) is 11.3 Å². The predicted octanol–water partition coefficient (Wildman–Crippen LogP) is 3.48. The van der Waals surface area contributed by atoms with Crippen molar-refractivity contribution in [1.29, 1.82) is 0 Å². The van der Waals surface area contributed by atoms with Gasteiger partial charge in [-0.1, -0.05) is 30.3 Å². The molecule has 7 heteroatoms. The van der Waals surface area contributed by atoms with E-state index in [9.17, 15) is 4.79 Å². The van der Waals surface area contributed by atoms with Gasteiger partial charge in [-0.3, -0.25) is 4.79 Å². The van der Waals surface area contributed by atoms with Gasteiger partial charge in [0.15, 0.2) is 5.96 Å². The third kappa shape index (κ3) is 6.20. The molecule has 1 aliphatic heterocycles. The fraction of sp³-hybridized carbons (Fsp3) is 0.333. The molecule has 0 radical (unpaired) electrons. The molecule has 3 N–H and O–H groups in total. The highest BCUT2D eigenvalue weighted by Gasteiger charge is 2.26. The van der Waals surface area contributed by atoms with Gasteiger partial charge in [0, 0.05) is 24.3 Å². The number of nitrogens with zero attached hydrogens (tertiary/aromatic N) is 2. The van der Waals surface area contributed by atoms with Crippen molar-refractivity contribution in [3.63, 3.8) is 0 Å². The van der Waals surface area contributed by atoms with Gasteiger partial charge >= 0.3 is 0 Å². The van der Waals surface area contributed by atoms with Crippen LogP contribution in [0.4, 0.5) is 5.69 Å². The number of anilines is 1. The lowest BCUT2D eigenvalue weighted by molar-refractivity contribution is -0.0586. The number of carbonyl (C=O) groups is 1. The summed E-state index contributed by atoms with van der Waals surface area (Å²) in [6.07, 6.45) is 0.123. The molecule has 0 aliphatic carbocycles. The van der Waals surface area contributed by atoms with Crippen molar-refractivity contribution in [3.8, 4) is 0 Å². The lowest BCUT2D eigenvalue weighted by Crippen LogP contribution is -2.48. The second kappa shape index (κ2) is 10.4. The van der Waals surface area contributed by atoms with Gasteiger partial charge in [0.25, 0.3) is 5.91 Å². The fourth-order valence-electron chi connectivity index (χ4n) is 3.16. The summed E-state index contributed by atoms with van der Waals surface area (Å²) in [4.78, 5) is 18.9. The molecule has 2 aromatic rings. The third-order valence-corrected chi connectivity index (χ3v) is 4.39. The zero-order chi connectivity index (χ0) is 19.2. The Hall–Kier alpha value is -2.13. The first-order chi connectivity index (χ1) is 13.0. The molecule has 2 atom stereocenters. The lowest BCUT2D eigenvalue weighted by atomic mass is 10.1. The monoisotopic (exact) mass is 494 g/mol. The van der Waals surface area contributed by atoms with Crippen LogP contribution in [-0.4, -0.2) is 42.1 Å². The van der Waals surface area contributed by atoms with E-state index in [1.807, 2.05) is 73.3 Å². The molecule has 1 aliphatic rings. The van der Waals surface area contributed by atoms with Crippen LogP contribution in [0.15, 0.2) is 59.6 Å². The second-order valence-electron chi connectivity index (χ2n) is 6.86. The number of para-hydroxylation sites is 1. The van der Waals surface area contributed by atoms with E-state index < -0.39 is 0 Å². The average molecular weight is 494 g/mol. The Balaban J connectivity index is 0.00000280. The molecular formula is C21H27IN4O2. The Morgan fingerprint density at radius 1 is 1.11 bits per heavy atom. The molecule has 1 fully saturated rings. The van der Waals surface area contributed by atoms with Crippen LogP contribution in [0.25, 0.3) is 0 Å². The Bertz CT molecular complexity index is 786. The number of nitrogens with one attached hydrogen (secondary N) is 1. The van der Waals surface area contributed by atoms with E-state index in [2.05, 4.69) is 10.3 Å². The van der Waals surface area contributed by atoms with Crippen LogP contribution >= 0.6 is 24.0 Å². The summed E-state index contributed by atoms with van der Waals surface area (Å²) < 4.78 is 5.69. The van der Waals surface area contributed by atoms with Gasteiger partial charge in [-0.05, 0) is 43.7 Å². The molecule has 0 aromatic heterocycles. The van der Waals surface area contributed by atoms with Crippen molar-refractivity contribution in [3.05, 3.63) is 65.7 Å². The van der Waals surface area contributed by atoms with E-state index in [4.69, 9.17) is 10.5 Å². The first kappa shape index (κ1) is 22.2. The Morgan fingerprint density at radius 2 is 1.71 bits per heavy atom. The molecule has 1 heterocycles. The molecule has 0 bridgehead atoms. The molecule has 6 nitrogen and oxygen atoms in total. The van der Waals surface area contributed by atoms with Gasteiger partial charge in [0.2, 0.25) is 0 Å². The fourth-order valence-corrected chi connectivity index (χ4v) is 3.16. The standard InChI is InChI=1S/C21H26N4O2.HI/c1-15-13-25(14-16(2)27-15)20(26)18-10-8-17(9-11-18)12-23-21(22)24-19-6-4-3-5-7-19;/h3-11,15-16H,12-14H2,1-2H3,(H3,22,23,24);1H. The second-order valence-corrected chi connectivity index (χ2v) is 6.86. The van der Waals surface area contributed by atoms with Crippen LogP contribution in [0.1, 0.15) is 29.8 Å². The number of hydrogen-bond acceptors (Lipinski definition) is 3. The summed E-state index contributed by atoms with van der Waals surface area (Å²) in [5.74, 6) is 0.398. The van der Waals surface area contributed by atoms with Crippen LogP contribution < -0.4 is 11.1 Å². The summed E-state index contributed by atoms with van der Waals surface area (Å²) >= 11 is 0. The minimum atomic E-state index is 0. The van der Waals surface area contributed by atoms with Crippen molar-refractivity contribution in [2.24, 2.45) is 10.7 Å². The summed E-state index contributed by atoms with van der Waals surface area (Å²) in [5.41, 5.74) is 8.49. The van der Waals surface area contributed by atoms with Gasteiger partial charge in [0.1, 0.15) is 0 Å². The average Bonchev–Trinajstić information content (AvgIpc) is 2.66. The summed E-state index contributed by atoms with van der Waals surface area (Å²) in [7, 11) is 0. The molecule has 1 saturated heterocycles. The zero-order valence-corrected chi connectivity index (χ0v) is 18.5. The van der Waals surface area contributed by atoms with Gasteiger partial charge < -0.3 is 20.7 Å². The number of guanidine groups is 1. The molecule has 0 spiro atoms. The molecule has 1 amide bonds. The van der Waals surface area contributed by atoms with E-state index in [0.717, 1.165) is 11.3 Å². The number of ether oxygens (including phenoxy) is 1. The molecule has 3 rings (SSSR count). The maximum absolute atomic E-state index is 12.7. The van der Waals surface area contributed by atoms with Crippen molar-refractivity contribution < 1.29 is 9.53 Å². The largest absolute Gasteiger partial charge is 0.372 e. The molecule has 2 unspecified atom stereocenters. The number of hydrogen-bond donors (Lipinski definition) is 2.